The van der Waals surface area contributed by atoms with Crippen LogP contribution in [0, 0.1) is 5.92 Å². The van der Waals surface area contributed by atoms with Gasteiger partial charge in [-0.15, -0.1) is 0 Å². The van der Waals surface area contributed by atoms with Crippen LogP contribution in [-0.2, 0) is 9.53 Å². The number of carbonyl (C=O) groups is 1. The lowest BCUT2D eigenvalue weighted by Gasteiger charge is -2.26. The van der Waals surface area contributed by atoms with Crippen molar-refractivity contribution in [2.75, 3.05) is 32.8 Å². The summed E-state index contributed by atoms with van der Waals surface area (Å²) in [5.74, 6) is 0.898. The normalized spacial score (nSPS) is 24.9. The van der Waals surface area contributed by atoms with Gasteiger partial charge in [0.15, 0.2) is 0 Å². The van der Waals surface area contributed by atoms with E-state index >= 15 is 0 Å². The first kappa shape index (κ1) is 10.9. The Kier molecular flexibility index (Phi) is 3.59. The largest absolute Gasteiger partial charge is 0.379 e. The van der Waals surface area contributed by atoms with Gasteiger partial charge < -0.3 is 10.1 Å². The Labute approximate surface area is 91.0 Å². The van der Waals surface area contributed by atoms with Gasteiger partial charge in [-0.05, 0) is 25.7 Å². The first-order valence-electron chi connectivity index (χ1n) is 5.85. The number of hydrogen-bond donors (Lipinski definition) is 1. The SMILES string of the molecule is C[C@@H](NC(=O)CN1CCOCC1)C1CC1. The molecular formula is C11H20N2O2. The standard InChI is InChI=1S/C11H20N2O2/c1-9(10-2-3-10)12-11(14)8-13-4-6-15-7-5-13/h9-10H,2-8H2,1H3,(H,12,14)/t9-/m1/s1. The maximum absolute atomic E-state index is 11.7. The Balaban J connectivity index is 1.66. The molecule has 1 N–H and O–H groups in total. The van der Waals surface area contributed by atoms with E-state index in [2.05, 4.69) is 17.1 Å². The molecular weight excluding hydrogens is 192 g/mol. The number of rotatable bonds is 4. The molecule has 1 aliphatic carbocycles. The monoisotopic (exact) mass is 212 g/mol. The van der Waals surface area contributed by atoms with Crippen LogP contribution in [-0.4, -0.2) is 49.7 Å². The summed E-state index contributed by atoms with van der Waals surface area (Å²) in [6.45, 7) is 5.91. The smallest absolute Gasteiger partial charge is 0.234 e. The van der Waals surface area contributed by atoms with Crippen molar-refractivity contribution < 1.29 is 9.53 Å². The highest BCUT2D eigenvalue weighted by molar-refractivity contribution is 5.78. The molecule has 0 unspecified atom stereocenters. The fourth-order valence-corrected chi connectivity index (χ4v) is 1.98. The second-order valence-electron chi connectivity index (χ2n) is 4.58. The van der Waals surface area contributed by atoms with Crippen LogP contribution in [0.5, 0.6) is 0 Å². The number of hydrogen-bond acceptors (Lipinski definition) is 3. The second-order valence-corrected chi connectivity index (χ2v) is 4.58. The maximum Gasteiger partial charge on any atom is 0.234 e. The Hall–Kier alpha value is -0.610. The van der Waals surface area contributed by atoms with E-state index in [1.165, 1.54) is 12.8 Å². The molecule has 0 bridgehead atoms. The number of amides is 1. The van der Waals surface area contributed by atoms with Crippen LogP contribution >= 0.6 is 0 Å². The molecule has 86 valence electrons. The summed E-state index contributed by atoms with van der Waals surface area (Å²) >= 11 is 0. The molecule has 1 heterocycles. The van der Waals surface area contributed by atoms with E-state index in [4.69, 9.17) is 4.74 Å². The van der Waals surface area contributed by atoms with Gasteiger partial charge in [0, 0.05) is 19.1 Å². The van der Waals surface area contributed by atoms with Crippen molar-refractivity contribution in [2.24, 2.45) is 5.92 Å². The third kappa shape index (κ3) is 3.47. The number of ether oxygens (including phenoxy) is 1. The van der Waals surface area contributed by atoms with E-state index in [0.717, 1.165) is 32.2 Å². The molecule has 2 rings (SSSR count). The molecule has 0 aromatic rings. The van der Waals surface area contributed by atoms with Gasteiger partial charge in [-0.25, -0.2) is 0 Å². The summed E-state index contributed by atoms with van der Waals surface area (Å²) in [6.07, 6.45) is 2.55. The molecule has 4 nitrogen and oxygen atoms in total. The summed E-state index contributed by atoms with van der Waals surface area (Å²) in [5.41, 5.74) is 0. The Bertz CT molecular complexity index is 223. The van der Waals surface area contributed by atoms with Crippen molar-refractivity contribution in [1.82, 2.24) is 10.2 Å². The highest BCUT2D eigenvalue weighted by Gasteiger charge is 2.29. The maximum atomic E-state index is 11.7. The lowest BCUT2D eigenvalue weighted by molar-refractivity contribution is -0.124. The van der Waals surface area contributed by atoms with Crippen molar-refractivity contribution in [3.63, 3.8) is 0 Å². The van der Waals surface area contributed by atoms with Crippen molar-refractivity contribution in [3.8, 4) is 0 Å². The lowest BCUT2D eigenvalue weighted by Crippen LogP contribution is -2.45. The molecule has 1 atom stereocenters. The summed E-state index contributed by atoms with van der Waals surface area (Å²) < 4.78 is 5.24. The van der Waals surface area contributed by atoms with E-state index in [-0.39, 0.29) is 5.91 Å². The average molecular weight is 212 g/mol. The van der Waals surface area contributed by atoms with Gasteiger partial charge in [0.05, 0.1) is 19.8 Å². The van der Waals surface area contributed by atoms with Gasteiger partial charge in [0.2, 0.25) is 5.91 Å². The molecule has 2 aliphatic rings. The molecule has 4 heteroatoms. The Morgan fingerprint density at radius 3 is 2.73 bits per heavy atom. The Morgan fingerprint density at radius 1 is 1.47 bits per heavy atom. The molecule has 15 heavy (non-hydrogen) atoms. The topological polar surface area (TPSA) is 41.6 Å². The first-order chi connectivity index (χ1) is 7.25. The molecule has 1 amide bonds. The summed E-state index contributed by atoms with van der Waals surface area (Å²) in [5, 5.41) is 3.07. The second kappa shape index (κ2) is 4.94. The third-order valence-electron chi connectivity index (χ3n) is 3.19. The molecule has 1 aliphatic heterocycles. The molecule has 0 aromatic carbocycles. The zero-order valence-corrected chi connectivity index (χ0v) is 9.37. The van der Waals surface area contributed by atoms with Crippen LogP contribution in [0.15, 0.2) is 0 Å². The van der Waals surface area contributed by atoms with E-state index in [9.17, 15) is 4.79 Å². The van der Waals surface area contributed by atoms with E-state index in [1.54, 1.807) is 0 Å². The lowest BCUT2D eigenvalue weighted by atomic mass is 10.2. The Morgan fingerprint density at radius 2 is 2.13 bits per heavy atom. The summed E-state index contributed by atoms with van der Waals surface area (Å²) in [7, 11) is 0. The van der Waals surface area contributed by atoms with Crippen LogP contribution in [0.1, 0.15) is 19.8 Å². The summed E-state index contributed by atoms with van der Waals surface area (Å²) in [4.78, 5) is 13.8. The van der Waals surface area contributed by atoms with Crippen molar-refractivity contribution in [1.29, 1.82) is 0 Å². The van der Waals surface area contributed by atoms with Gasteiger partial charge in [-0.2, -0.15) is 0 Å². The average Bonchev–Trinajstić information content (AvgIpc) is 3.01. The number of carbonyl (C=O) groups excluding carboxylic acids is 1. The minimum atomic E-state index is 0.163. The van der Waals surface area contributed by atoms with Crippen LogP contribution in [0.4, 0.5) is 0 Å². The quantitative estimate of drug-likeness (QED) is 0.725. The zero-order chi connectivity index (χ0) is 10.7. The van der Waals surface area contributed by atoms with E-state index in [1.807, 2.05) is 0 Å². The van der Waals surface area contributed by atoms with Crippen LogP contribution in [0.25, 0.3) is 0 Å². The predicted octanol–water partition coefficient (Wildman–Crippen LogP) is 0.233. The minimum Gasteiger partial charge on any atom is -0.379 e. The molecule has 1 saturated carbocycles. The van der Waals surface area contributed by atoms with Gasteiger partial charge >= 0.3 is 0 Å². The van der Waals surface area contributed by atoms with Crippen LogP contribution < -0.4 is 5.32 Å². The third-order valence-corrected chi connectivity index (χ3v) is 3.19. The number of morpholine rings is 1. The van der Waals surface area contributed by atoms with Crippen LogP contribution in [0.3, 0.4) is 0 Å². The molecule has 0 spiro atoms. The highest BCUT2D eigenvalue weighted by Crippen LogP contribution is 2.32. The van der Waals surface area contributed by atoms with Gasteiger partial charge in [0.1, 0.15) is 0 Å². The van der Waals surface area contributed by atoms with Gasteiger partial charge in [-0.3, -0.25) is 9.69 Å². The fourth-order valence-electron chi connectivity index (χ4n) is 1.98. The molecule has 1 saturated heterocycles. The molecule has 2 fully saturated rings. The van der Waals surface area contributed by atoms with E-state index in [0.29, 0.717) is 12.6 Å². The summed E-state index contributed by atoms with van der Waals surface area (Å²) in [6, 6.07) is 0.360. The number of nitrogens with one attached hydrogen (secondary N) is 1. The predicted molar refractivity (Wildman–Crippen MR) is 57.6 cm³/mol. The van der Waals surface area contributed by atoms with E-state index < -0.39 is 0 Å². The van der Waals surface area contributed by atoms with Crippen molar-refractivity contribution in [3.05, 3.63) is 0 Å². The zero-order valence-electron chi connectivity index (χ0n) is 9.37. The molecule has 0 radical (unpaired) electrons. The van der Waals surface area contributed by atoms with Crippen molar-refractivity contribution >= 4 is 5.91 Å². The fraction of sp³-hybridized carbons (Fsp3) is 0.909. The highest BCUT2D eigenvalue weighted by atomic mass is 16.5. The first-order valence-corrected chi connectivity index (χ1v) is 5.85. The van der Waals surface area contributed by atoms with Gasteiger partial charge in [-0.1, -0.05) is 0 Å². The molecule has 0 aromatic heterocycles. The minimum absolute atomic E-state index is 0.163. The van der Waals surface area contributed by atoms with Crippen molar-refractivity contribution in [2.45, 2.75) is 25.8 Å². The van der Waals surface area contributed by atoms with Crippen LogP contribution in [0.2, 0.25) is 0 Å². The number of nitrogens with zero attached hydrogens (tertiary/aromatic N) is 1. The van der Waals surface area contributed by atoms with Gasteiger partial charge in [0.25, 0.3) is 0 Å².